The molecule has 1 saturated carbocycles. The molecule has 1 aliphatic carbocycles. The summed E-state index contributed by atoms with van der Waals surface area (Å²) in [6, 6.07) is -1.12. The number of carbonyl (C=O) groups excluding carboxylic acids is 1. The van der Waals surface area contributed by atoms with Gasteiger partial charge in [-0.2, -0.15) is 13.2 Å². The number of likely N-dealkylation sites (tertiary alicyclic amines) is 1. The van der Waals surface area contributed by atoms with Crippen LogP contribution in [-0.2, 0) is 14.3 Å². The summed E-state index contributed by atoms with van der Waals surface area (Å²) in [5.41, 5.74) is 0. The standard InChI is InChI=1S/C13H18F3NO4/c14-13(15,16)7-21-6-11(18)17-9-4-2-1-3-8(9)5-10(17)12(19)20/h8-10H,1-7H2,(H,19,20)/t8-,9-,10+/m1/s1. The van der Waals surface area contributed by atoms with Crippen LogP contribution in [0.2, 0.25) is 0 Å². The number of ether oxygens (including phenoxy) is 1. The average molecular weight is 309 g/mol. The first-order valence-electron chi connectivity index (χ1n) is 6.98. The summed E-state index contributed by atoms with van der Waals surface area (Å²) in [4.78, 5) is 24.6. The van der Waals surface area contributed by atoms with E-state index in [0.29, 0.717) is 12.8 Å². The lowest BCUT2D eigenvalue weighted by Gasteiger charge is -2.32. The van der Waals surface area contributed by atoms with E-state index in [1.165, 1.54) is 4.90 Å². The molecule has 2 rings (SSSR count). The number of alkyl halides is 3. The van der Waals surface area contributed by atoms with Gasteiger partial charge in [-0.1, -0.05) is 12.8 Å². The lowest BCUT2D eigenvalue weighted by molar-refractivity contribution is -0.179. The van der Waals surface area contributed by atoms with Crippen molar-refractivity contribution in [1.29, 1.82) is 0 Å². The Kier molecular flexibility index (Phi) is 4.75. The van der Waals surface area contributed by atoms with Crippen LogP contribution in [-0.4, -0.2) is 53.4 Å². The van der Waals surface area contributed by atoms with Gasteiger partial charge < -0.3 is 14.7 Å². The maximum absolute atomic E-state index is 12.1. The molecule has 0 unspecified atom stereocenters. The molecule has 2 fully saturated rings. The molecule has 5 nitrogen and oxygen atoms in total. The first-order chi connectivity index (χ1) is 9.79. The molecular weight excluding hydrogens is 291 g/mol. The monoisotopic (exact) mass is 309 g/mol. The van der Waals surface area contributed by atoms with Crippen LogP contribution in [0.5, 0.6) is 0 Å². The number of amides is 1. The van der Waals surface area contributed by atoms with Crippen molar-refractivity contribution in [3.05, 3.63) is 0 Å². The summed E-state index contributed by atoms with van der Waals surface area (Å²) < 4.78 is 40.4. The van der Waals surface area contributed by atoms with Crippen LogP contribution >= 0.6 is 0 Å². The predicted octanol–water partition coefficient (Wildman–Crippen LogP) is 1.81. The molecule has 0 aromatic rings. The average Bonchev–Trinajstić information content (AvgIpc) is 2.76. The Labute approximate surface area is 120 Å². The SMILES string of the molecule is O=C(O)[C@@H]1C[C@H]2CCCC[C@H]2N1C(=O)COCC(F)(F)F. The predicted molar refractivity (Wildman–Crippen MR) is 65.5 cm³/mol. The number of carboxylic acid groups (broad SMARTS) is 1. The summed E-state index contributed by atoms with van der Waals surface area (Å²) in [5, 5.41) is 9.22. The molecule has 0 bridgehead atoms. The van der Waals surface area contributed by atoms with Gasteiger partial charge in [0, 0.05) is 6.04 Å². The van der Waals surface area contributed by atoms with Crippen LogP contribution in [0.4, 0.5) is 13.2 Å². The van der Waals surface area contributed by atoms with Crippen molar-refractivity contribution in [1.82, 2.24) is 4.90 Å². The first-order valence-corrected chi connectivity index (χ1v) is 6.98. The molecule has 0 radical (unpaired) electrons. The van der Waals surface area contributed by atoms with Crippen molar-refractivity contribution in [2.24, 2.45) is 5.92 Å². The number of carboxylic acids is 1. The molecule has 0 aromatic heterocycles. The number of fused-ring (bicyclic) bond motifs is 1. The Hall–Kier alpha value is -1.31. The smallest absolute Gasteiger partial charge is 0.411 e. The number of hydrogen-bond donors (Lipinski definition) is 1. The van der Waals surface area contributed by atoms with E-state index >= 15 is 0 Å². The van der Waals surface area contributed by atoms with E-state index < -0.39 is 37.3 Å². The highest BCUT2D eigenvalue weighted by atomic mass is 19.4. The third-order valence-corrected chi connectivity index (χ3v) is 4.15. The lowest BCUT2D eigenvalue weighted by atomic mass is 9.85. The zero-order valence-electron chi connectivity index (χ0n) is 11.4. The highest BCUT2D eigenvalue weighted by Crippen LogP contribution is 2.39. The van der Waals surface area contributed by atoms with Crippen molar-refractivity contribution >= 4 is 11.9 Å². The van der Waals surface area contributed by atoms with Crippen molar-refractivity contribution in [3.8, 4) is 0 Å². The van der Waals surface area contributed by atoms with Gasteiger partial charge in [-0.05, 0) is 25.2 Å². The molecule has 3 atom stereocenters. The Balaban J connectivity index is 2.00. The second kappa shape index (κ2) is 6.21. The van der Waals surface area contributed by atoms with Crippen LogP contribution < -0.4 is 0 Å². The normalized spacial score (nSPS) is 29.3. The maximum Gasteiger partial charge on any atom is 0.411 e. The molecule has 1 aliphatic heterocycles. The largest absolute Gasteiger partial charge is 0.480 e. The van der Waals surface area contributed by atoms with Crippen molar-refractivity contribution in [2.45, 2.75) is 50.4 Å². The molecular formula is C13H18F3NO4. The molecule has 8 heteroatoms. The van der Waals surface area contributed by atoms with E-state index in [0.717, 1.165) is 19.3 Å². The van der Waals surface area contributed by atoms with Crippen LogP contribution in [0, 0.1) is 5.92 Å². The molecule has 1 saturated heterocycles. The summed E-state index contributed by atoms with van der Waals surface area (Å²) in [7, 11) is 0. The third kappa shape index (κ3) is 3.87. The van der Waals surface area contributed by atoms with Gasteiger partial charge in [-0.15, -0.1) is 0 Å². The van der Waals surface area contributed by atoms with Crippen molar-refractivity contribution < 1.29 is 32.6 Å². The molecule has 0 aromatic carbocycles. The van der Waals surface area contributed by atoms with Crippen LogP contribution in [0.1, 0.15) is 32.1 Å². The van der Waals surface area contributed by atoms with Gasteiger partial charge in [0.15, 0.2) is 0 Å². The minimum atomic E-state index is -4.50. The highest BCUT2D eigenvalue weighted by molar-refractivity contribution is 5.85. The fourth-order valence-electron chi connectivity index (χ4n) is 3.37. The minimum absolute atomic E-state index is 0.131. The van der Waals surface area contributed by atoms with Gasteiger partial charge in [0.2, 0.25) is 5.91 Å². The molecule has 1 heterocycles. The van der Waals surface area contributed by atoms with Gasteiger partial charge in [0.25, 0.3) is 0 Å². The summed E-state index contributed by atoms with van der Waals surface area (Å²) >= 11 is 0. The van der Waals surface area contributed by atoms with Crippen molar-refractivity contribution in [3.63, 3.8) is 0 Å². The number of halogens is 3. The first kappa shape index (κ1) is 16.1. The third-order valence-electron chi connectivity index (χ3n) is 4.15. The van der Waals surface area contributed by atoms with E-state index in [4.69, 9.17) is 0 Å². The highest BCUT2D eigenvalue weighted by Gasteiger charge is 2.47. The lowest BCUT2D eigenvalue weighted by Crippen LogP contribution is -2.47. The number of hydrogen-bond acceptors (Lipinski definition) is 3. The Morgan fingerprint density at radius 1 is 1.24 bits per heavy atom. The zero-order valence-corrected chi connectivity index (χ0v) is 11.4. The second-order valence-electron chi connectivity index (χ2n) is 5.61. The van der Waals surface area contributed by atoms with E-state index in [9.17, 15) is 27.9 Å². The van der Waals surface area contributed by atoms with Crippen LogP contribution in [0.25, 0.3) is 0 Å². The maximum atomic E-state index is 12.1. The number of aliphatic carboxylic acids is 1. The Morgan fingerprint density at radius 2 is 1.90 bits per heavy atom. The fraction of sp³-hybridized carbons (Fsp3) is 0.846. The quantitative estimate of drug-likeness (QED) is 0.860. The molecule has 1 N–H and O–H groups in total. The van der Waals surface area contributed by atoms with Gasteiger partial charge in [0.1, 0.15) is 19.3 Å². The summed E-state index contributed by atoms with van der Waals surface area (Å²) in [5.74, 6) is -1.64. The second-order valence-corrected chi connectivity index (χ2v) is 5.61. The molecule has 1 amide bonds. The molecule has 0 spiro atoms. The van der Waals surface area contributed by atoms with Gasteiger partial charge in [-0.3, -0.25) is 4.79 Å². The summed E-state index contributed by atoms with van der Waals surface area (Å²) in [6.07, 6.45) is -0.641. The summed E-state index contributed by atoms with van der Waals surface area (Å²) in [6.45, 7) is -2.23. The van der Waals surface area contributed by atoms with E-state index in [-0.39, 0.29) is 12.0 Å². The number of rotatable bonds is 4. The Morgan fingerprint density at radius 3 is 2.52 bits per heavy atom. The molecule has 2 aliphatic rings. The minimum Gasteiger partial charge on any atom is -0.480 e. The van der Waals surface area contributed by atoms with Crippen molar-refractivity contribution in [2.75, 3.05) is 13.2 Å². The number of nitrogens with zero attached hydrogens (tertiary/aromatic N) is 1. The van der Waals surface area contributed by atoms with Gasteiger partial charge in [-0.25, -0.2) is 4.79 Å². The Bertz CT molecular complexity index is 413. The number of carbonyl (C=O) groups is 2. The van der Waals surface area contributed by atoms with Gasteiger partial charge >= 0.3 is 12.1 Å². The zero-order chi connectivity index (χ0) is 15.6. The molecule has 120 valence electrons. The van der Waals surface area contributed by atoms with E-state index in [1.807, 2.05) is 0 Å². The van der Waals surface area contributed by atoms with Crippen LogP contribution in [0.3, 0.4) is 0 Å². The van der Waals surface area contributed by atoms with Crippen LogP contribution in [0.15, 0.2) is 0 Å². The van der Waals surface area contributed by atoms with E-state index in [1.54, 1.807) is 0 Å². The fourth-order valence-corrected chi connectivity index (χ4v) is 3.37. The topological polar surface area (TPSA) is 66.8 Å². The van der Waals surface area contributed by atoms with E-state index in [2.05, 4.69) is 4.74 Å². The van der Waals surface area contributed by atoms with Gasteiger partial charge in [0.05, 0.1) is 0 Å². The molecule has 21 heavy (non-hydrogen) atoms.